The molecule has 0 saturated carbocycles. The molecule has 0 radical (unpaired) electrons. The highest BCUT2D eigenvalue weighted by Gasteiger charge is 2.33. The lowest BCUT2D eigenvalue weighted by atomic mass is 9.98. The largest absolute Gasteiger partial charge is 0.465 e. The summed E-state index contributed by atoms with van der Waals surface area (Å²) in [5.41, 5.74) is 1.12. The van der Waals surface area contributed by atoms with Crippen molar-refractivity contribution < 1.29 is 17.9 Å². The Morgan fingerprint density at radius 3 is 2.73 bits per heavy atom. The van der Waals surface area contributed by atoms with Crippen molar-refractivity contribution in [1.82, 2.24) is 9.29 Å². The Hall–Kier alpha value is -1.77. The van der Waals surface area contributed by atoms with Gasteiger partial charge < -0.3 is 4.74 Å². The molecule has 0 atom stereocenters. The van der Waals surface area contributed by atoms with Gasteiger partial charge in [0.25, 0.3) is 10.0 Å². The van der Waals surface area contributed by atoms with Crippen LogP contribution in [0.25, 0.3) is 0 Å². The van der Waals surface area contributed by atoms with Crippen LogP contribution < -0.4 is 0 Å². The molecule has 0 aliphatic carbocycles. The van der Waals surface area contributed by atoms with E-state index in [2.05, 4.69) is 4.98 Å². The molecule has 140 valence electrons. The zero-order chi connectivity index (χ0) is 18.4. The number of hydrogen-bond donors (Lipinski definition) is 0. The number of esters is 1. The molecule has 0 N–H and O–H groups in total. The van der Waals surface area contributed by atoms with Crippen LogP contribution in [0.5, 0.6) is 0 Å². The van der Waals surface area contributed by atoms with Gasteiger partial charge in [0.15, 0.2) is 0 Å². The van der Waals surface area contributed by atoms with Crippen molar-refractivity contribution in [3.8, 4) is 0 Å². The second kappa shape index (κ2) is 8.75. The highest BCUT2D eigenvalue weighted by atomic mass is 32.2. The van der Waals surface area contributed by atoms with E-state index < -0.39 is 10.0 Å². The summed E-state index contributed by atoms with van der Waals surface area (Å²) in [5, 5.41) is 1.75. The van der Waals surface area contributed by atoms with E-state index in [0.29, 0.717) is 36.7 Å². The third kappa shape index (κ3) is 4.69. The molecule has 0 amide bonds. The predicted octanol–water partition coefficient (Wildman–Crippen LogP) is 2.72. The van der Waals surface area contributed by atoms with Crippen LogP contribution in [-0.2, 0) is 26.0 Å². The second-order valence-electron chi connectivity index (χ2n) is 6.24. The van der Waals surface area contributed by atoms with E-state index in [0.717, 1.165) is 18.4 Å². The van der Waals surface area contributed by atoms with E-state index in [4.69, 9.17) is 4.74 Å². The maximum Gasteiger partial charge on any atom is 0.309 e. The Morgan fingerprint density at radius 2 is 2.08 bits per heavy atom. The lowest BCUT2D eigenvalue weighted by molar-refractivity contribution is -0.149. The standard InChI is InChI=1S/C18H22N2O4S2/c21-18(24-12-2-5-15-4-1-9-19-14-15)16-7-10-20(11-8-16)26(22,23)17-6-3-13-25-17/h1,3-4,6,9,13-14,16H,2,5,7-8,10-12H2. The highest BCUT2D eigenvalue weighted by molar-refractivity contribution is 7.91. The molecule has 0 aromatic carbocycles. The van der Waals surface area contributed by atoms with Gasteiger partial charge in [-0.2, -0.15) is 4.31 Å². The first-order valence-electron chi connectivity index (χ1n) is 8.66. The Bertz CT molecular complexity index is 799. The molecule has 26 heavy (non-hydrogen) atoms. The van der Waals surface area contributed by atoms with E-state index in [1.54, 1.807) is 23.7 Å². The maximum atomic E-state index is 12.5. The van der Waals surface area contributed by atoms with E-state index in [1.165, 1.54) is 15.6 Å². The van der Waals surface area contributed by atoms with Gasteiger partial charge in [-0.3, -0.25) is 9.78 Å². The molecule has 1 aliphatic heterocycles. The van der Waals surface area contributed by atoms with Gasteiger partial charge in [-0.05, 0) is 48.8 Å². The highest BCUT2D eigenvalue weighted by Crippen LogP contribution is 2.26. The molecule has 1 fully saturated rings. The monoisotopic (exact) mass is 394 g/mol. The number of sulfonamides is 1. The molecule has 0 unspecified atom stereocenters. The third-order valence-electron chi connectivity index (χ3n) is 4.45. The number of thiophene rings is 1. The van der Waals surface area contributed by atoms with Crippen LogP contribution >= 0.6 is 11.3 Å². The van der Waals surface area contributed by atoms with E-state index >= 15 is 0 Å². The molecule has 2 aromatic heterocycles. The lowest BCUT2D eigenvalue weighted by Crippen LogP contribution is -2.40. The van der Waals surface area contributed by atoms with Crippen molar-refractivity contribution in [3.05, 3.63) is 47.6 Å². The fourth-order valence-corrected chi connectivity index (χ4v) is 5.60. The van der Waals surface area contributed by atoms with Crippen molar-refractivity contribution in [2.75, 3.05) is 19.7 Å². The van der Waals surface area contributed by atoms with Gasteiger partial charge in [0.2, 0.25) is 0 Å². The fraction of sp³-hybridized carbons (Fsp3) is 0.444. The van der Waals surface area contributed by atoms with Crippen LogP contribution in [0, 0.1) is 5.92 Å². The normalized spacial score (nSPS) is 16.5. The average molecular weight is 395 g/mol. The molecule has 1 saturated heterocycles. The lowest BCUT2D eigenvalue weighted by Gasteiger charge is -2.29. The van der Waals surface area contributed by atoms with Crippen molar-refractivity contribution in [2.24, 2.45) is 5.92 Å². The third-order valence-corrected chi connectivity index (χ3v) is 7.73. The van der Waals surface area contributed by atoms with E-state index in [1.807, 2.05) is 18.3 Å². The Labute approximate surface area is 157 Å². The van der Waals surface area contributed by atoms with Gasteiger partial charge in [0.1, 0.15) is 4.21 Å². The maximum absolute atomic E-state index is 12.5. The molecule has 6 nitrogen and oxygen atoms in total. The van der Waals surface area contributed by atoms with Crippen LogP contribution in [0.4, 0.5) is 0 Å². The summed E-state index contributed by atoms with van der Waals surface area (Å²) < 4.78 is 32.2. The number of nitrogens with zero attached hydrogens (tertiary/aromatic N) is 2. The van der Waals surface area contributed by atoms with E-state index in [9.17, 15) is 13.2 Å². The number of rotatable bonds is 7. The minimum Gasteiger partial charge on any atom is -0.465 e. The second-order valence-corrected chi connectivity index (χ2v) is 9.36. The number of aromatic nitrogens is 1. The van der Waals surface area contributed by atoms with Gasteiger partial charge in [0, 0.05) is 25.5 Å². The van der Waals surface area contributed by atoms with Crippen molar-refractivity contribution in [3.63, 3.8) is 0 Å². The summed E-state index contributed by atoms with van der Waals surface area (Å²) in [6, 6.07) is 7.23. The Balaban J connectivity index is 1.41. The first-order chi connectivity index (χ1) is 12.6. The Kier molecular flexibility index (Phi) is 6.39. The topological polar surface area (TPSA) is 76.6 Å². The van der Waals surface area contributed by atoms with Gasteiger partial charge in [-0.25, -0.2) is 8.42 Å². The van der Waals surface area contributed by atoms with Gasteiger partial charge in [-0.1, -0.05) is 12.1 Å². The molecule has 0 bridgehead atoms. The van der Waals surface area contributed by atoms with Crippen LogP contribution in [0.2, 0.25) is 0 Å². The molecule has 3 rings (SSSR count). The van der Waals surface area contributed by atoms with Crippen LogP contribution in [-0.4, -0.2) is 43.4 Å². The number of pyridine rings is 1. The van der Waals surface area contributed by atoms with Crippen molar-refractivity contribution in [2.45, 2.75) is 29.9 Å². The SMILES string of the molecule is O=C(OCCCc1cccnc1)C1CCN(S(=O)(=O)c2cccs2)CC1. The smallest absolute Gasteiger partial charge is 0.309 e. The van der Waals surface area contributed by atoms with Crippen molar-refractivity contribution >= 4 is 27.3 Å². The minimum absolute atomic E-state index is 0.218. The summed E-state index contributed by atoms with van der Waals surface area (Å²) in [4.78, 5) is 16.3. The molecule has 1 aliphatic rings. The van der Waals surface area contributed by atoms with Crippen LogP contribution in [0.3, 0.4) is 0 Å². The van der Waals surface area contributed by atoms with Gasteiger partial charge in [-0.15, -0.1) is 11.3 Å². The van der Waals surface area contributed by atoms with Crippen LogP contribution in [0.1, 0.15) is 24.8 Å². The predicted molar refractivity (Wildman–Crippen MR) is 99.3 cm³/mol. The zero-order valence-corrected chi connectivity index (χ0v) is 16.0. The number of carbonyl (C=O) groups excluding carboxylic acids is 1. The summed E-state index contributed by atoms with van der Waals surface area (Å²) >= 11 is 1.22. The summed E-state index contributed by atoms with van der Waals surface area (Å²) in [6.45, 7) is 1.09. The number of aryl methyl sites for hydroxylation is 1. The molecule has 8 heteroatoms. The number of ether oxygens (including phenoxy) is 1. The van der Waals surface area contributed by atoms with Gasteiger partial charge in [0.05, 0.1) is 12.5 Å². The molecular formula is C18H22N2O4S2. The first kappa shape index (κ1) is 19.0. The molecule has 3 heterocycles. The molecule has 2 aromatic rings. The summed E-state index contributed by atoms with van der Waals surface area (Å²) in [7, 11) is -3.43. The zero-order valence-electron chi connectivity index (χ0n) is 14.4. The first-order valence-corrected chi connectivity index (χ1v) is 11.0. The Morgan fingerprint density at radius 1 is 1.27 bits per heavy atom. The summed E-state index contributed by atoms with van der Waals surface area (Å²) in [6.07, 6.45) is 6.12. The molecule has 0 spiro atoms. The average Bonchev–Trinajstić information content (AvgIpc) is 3.22. The van der Waals surface area contributed by atoms with Crippen molar-refractivity contribution in [1.29, 1.82) is 0 Å². The minimum atomic E-state index is -3.43. The molecular weight excluding hydrogens is 372 g/mol. The number of carbonyl (C=O) groups is 1. The van der Waals surface area contributed by atoms with Gasteiger partial charge >= 0.3 is 5.97 Å². The fourth-order valence-electron chi connectivity index (χ4n) is 2.98. The quantitative estimate of drug-likeness (QED) is 0.533. The van der Waals surface area contributed by atoms with E-state index in [-0.39, 0.29) is 11.9 Å². The van der Waals surface area contributed by atoms with Crippen LogP contribution in [0.15, 0.2) is 46.2 Å². The number of piperidine rings is 1. The number of hydrogen-bond acceptors (Lipinski definition) is 6. The summed E-state index contributed by atoms with van der Waals surface area (Å²) in [5.74, 6) is -0.437.